The summed E-state index contributed by atoms with van der Waals surface area (Å²) < 4.78 is 22.3. The number of phenols is 2. The number of fused-ring (bicyclic) bond motifs is 3. The Bertz CT molecular complexity index is 2720. The lowest BCUT2D eigenvalue weighted by Crippen LogP contribution is -2.53. The van der Waals surface area contributed by atoms with Gasteiger partial charge in [0, 0.05) is 48.4 Å². The van der Waals surface area contributed by atoms with Crippen LogP contribution in [0.1, 0.15) is 92.0 Å². The van der Waals surface area contributed by atoms with Crippen LogP contribution in [0.3, 0.4) is 0 Å². The second-order valence-electron chi connectivity index (χ2n) is 17.0. The third-order valence-electron chi connectivity index (χ3n) is 12.6. The van der Waals surface area contributed by atoms with Crippen molar-refractivity contribution in [1.29, 1.82) is 0 Å². The largest absolute Gasteiger partial charge is 0.507 e. The van der Waals surface area contributed by atoms with E-state index in [1.54, 1.807) is 14.0 Å². The summed E-state index contributed by atoms with van der Waals surface area (Å²) in [5.41, 5.74) is 10.4. The predicted molar refractivity (Wildman–Crippen MR) is 241 cm³/mol. The predicted octanol–water partition coefficient (Wildman–Crippen LogP) is 5.66. The molecule has 6 atom stereocenters. The van der Waals surface area contributed by atoms with Crippen LogP contribution in [0.5, 0.6) is 23.0 Å². The Morgan fingerprint density at radius 1 is 0.848 bits per heavy atom. The number of aryl methyl sites for hydroxylation is 3. The molecule has 0 spiro atoms. The second-order valence-corrected chi connectivity index (χ2v) is 17.0. The molecule has 8 N–H and O–H groups in total. The number of ketones is 3. The van der Waals surface area contributed by atoms with Crippen molar-refractivity contribution in [3.63, 3.8) is 0 Å². The maximum absolute atomic E-state index is 13.6. The van der Waals surface area contributed by atoms with E-state index in [4.69, 9.17) is 29.8 Å². The molecule has 1 fully saturated rings. The highest BCUT2D eigenvalue weighted by atomic mass is 16.7. The van der Waals surface area contributed by atoms with Gasteiger partial charge in [-0.25, -0.2) is 0 Å². The second kappa shape index (κ2) is 19.2. The number of aromatic hydroxyl groups is 2. The summed E-state index contributed by atoms with van der Waals surface area (Å²) in [5.74, 6) is -3.83. The van der Waals surface area contributed by atoms with Crippen LogP contribution in [0.15, 0.2) is 78.9 Å². The van der Waals surface area contributed by atoms with Gasteiger partial charge in [-0.05, 0) is 78.8 Å². The minimum atomic E-state index is -2.24. The summed E-state index contributed by atoms with van der Waals surface area (Å²) in [6.45, 7) is 4.77. The zero-order chi connectivity index (χ0) is 47.8. The molecular formula is C51H53NO14. The summed E-state index contributed by atoms with van der Waals surface area (Å²) in [4.78, 5) is 50.8. The zero-order valence-corrected chi connectivity index (χ0v) is 37.2. The summed E-state index contributed by atoms with van der Waals surface area (Å²) >= 11 is 0. The molecule has 1 aliphatic heterocycles. The minimum Gasteiger partial charge on any atom is -0.507 e. The molecule has 1 heterocycles. The molecule has 0 radical (unpaired) electrons. The molecule has 0 amide bonds. The van der Waals surface area contributed by atoms with Crippen LogP contribution < -0.4 is 15.2 Å². The molecule has 0 bridgehead atoms. The number of carboxylic acid groups (broad SMARTS) is 1. The van der Waals surface area contributed by atoms with Crippen molar-refractivity contribution < 1.29 is 68.8 Å². The van der Waals surface area contributed by atoms with Crippen molar-refractivity contribution in [2.24, 2.45) is 5.73 Å². The first kappa shape index (κ1) is 47.5. The fraction of sp³-hybridized carbons (Fsp3) is 0.333. The standard InChI is InChI=1S/C27H29NO11.C24H24O3/c1-10-22(31)13(28)6-17(38-10)39-15-8-27(36,16(30)9-29)7-12-19(15)26(35)21-20(24(12)33)23(32)11-4-3-5-14(37-2)18(11)25(21)34;1-16-5-4-6-18(13-16)22-10-7-19(14-17(22)2)23-11-9-21(27-3)15-20(23)8-12-24(25)26/h3-5,10,13,15,17,22,29,31,33,35-36H,6-9,28H2,1-2H3;4-7,9-11,13-15H,8,12H2,1-3H3,(H,25,26)/t10-,13-,15-,17-,22+,27-;/m0./s1. The number of methoxy groups -OCH3 is 2. The van der Waals surface area contributed by atoms with Crippen LogP contribution in [0.2, 0.25) is 0 Å². The molecule has 346 valence electrons. The van der Waals surface area contributed by atoms with Crippen molar-refractivity contribution in [3.05, 3.63) is 129 Å². The van der Waals surface area contributed by atoms with E-state index >= 15 is 0 Å². The number of carbonyl (C=O) groups excluding carboxylic acids is 3. The lowest BCUT2D eigenvalue weighted by Gasteiger charge is -2.42. The minimum absolute atomic E-state index is 0.0173. The highest BCUT2D eigenvalue weighted by Gasteiger charge is 2.50. The van der Waals surface area contributed by atoms with Crippen molar-refractivity contribution in [1.82, 2.24) is 0 Å². The van der Waals surface area contributed by atoms with Gasteiger partial charge >= 0.3 is 5.97 Å². The van der Waals surface area contributed by atoms with E-state index in [-0.39, 0.29) is 40.8 Å². The maximum atomic E-state index is 13.6. The van der Waals surface area contributed by atoms with Crippen LogP contribution >= 0.6 is 0 Å². The van der Waals surface area contributed by atoms with Crippen LogP contribution in [-0.4, -0.2) is 105 Å². The quantitative estimate of drug-likeness (QED) is 0.0775. The number of hydrogen-bond donors (Lipinski definition) is 7. The van der Waals surface area contributed by atoms with Gasteiger partial charge in [0.1, 0.15) is 35.2 Å². The van der Waals surface area contributed by atoms with Gasteiger partial charge in [-0.2, -0.15) is 0 Å². The highest BCUT2D eigenvalue weighted by molar-refractivity contribution is 6.31. The molecule has 5 aromatic carbocycles. The molecule has 2 aliphatic carbocycles. The molecular weight excluding hydrogens is 851 g/mol. The van der Waals surface area contributed by atoms with E-state index in [0.29, 0.717) is 6.42 Å². The number of ether oxygens (including phenoxy) is 4. The first-order valence-electron chi connectivity index (χ1n) is 21.5. The van der Waals surface area contributed by atoms with E-state index in [1.807, 2.05) is 18.2 Å². The Labute approximate surface area is 381 Å². The molecule has 1 saturated heterocycles. The maximum Gasteiger partial charge on any atom is 0.303 e. The molecule has 0 saturated carbocycles. The van der Waals surface area contributed by atoms with Gasteiger partial charge in [0.2, 0.25) is 5.78 Å². The van der Waals surface area contributed by atoms with E-state index in [0.717, 1.165) is 22.4 Å². The number of phenolic OH excluding ortho intramolecular Hbond substituents is 2. The van der Waals surface area contributed by atoms with Crippen molar-refractivity contribution >= 4 is 23.3 Å². The van der Waals surface area contributed by atoms with E-state index in [9.17, 15) is 44.7 Å². The smallest absolute Gasteiger partial charge is 0.303 e. The summed E-state index contributed by atoms with van der Waals surface area (Å²) in [6.07, 6.45) is -4.55. The molecule has 3 aliphatic rings. The highest BCUT2D eigenvalue weighted by Crippen LogP contribution is 2.52. The molecule has 0 aromatic heterocycles. The summed E-state index contributed by atoms with van der Waals surface area (Å²) in [6, 6.07) is 24.4. The number of hydrogen-bond acceptors (Lipinski definition) is 14. The average Bonchev–Trinajstić information content (AvgIpc) is 3.29. The SMILES string of the molecule is COc1ccc(-c2ccc(-c3cccc(C)c3)c(C)c2)c(CCC(=O)O)c1.COc1cccc2c1C(=O)c1c(O)c3c(c(O)c1C2=O)C[C@@](O)(C(=O)CO)C[C@@H]3O[C@H]1C[C@H](N)[C@H](O)[C@H](C)O1. The van der Waals surface area contributed by atoms with Gasteiger partial charge in [-0.1, -0.05) is 66.2 Å². The fourth-order valence-electron chi connectivity index (χ4n) is 9.15. The molecule has 8 rings (SSSR count). The Hall–Kier alpha value is -6.46. The lowest BCUT2D eigenvalue weighted by molar-refractivity contribution is -0.247. The number of carbonyl (C=O) groups is 4. The third kappa shape index (κ3) is 9.05. The van der Waals surface area contributed by atoms with Gasteiger partial charge < -0.3 is 55.3 Å². The first-order chi connectivity index (χ1) is 31.4. The Kier molecular flexibility index (Phi) is 13.8. The third-order valence-corrected chi connectivity index (χ3v) is 12.6. The molecule has 0 unspecified atom stereocenters. The number of nitrogens with two attached hydrogens (primary N) is 1. The Morgan fingerprint density at radius 3 is 2.20 bits per heavy atom. The van der Waals surface area contributed by atoms with Crippen LogP contribution in [0.25, 0.3) is 22.3 Å². The Morgan fingerprint density at radius 2 is 1.55 bits per heavy atom. The number of aliphatic hydroxyl groups is 3. The van der Waals surface area contributed by atoms with E-state index in [1.165, 1.54) is 47.6 Å². The average molecular weight is 904 g/mol. The Balaban J connectivity index is 0.000000210. The number of rotatable bonds is 11. The number of Topliss-reactive ketones (excluding diaryl/α,β-unsaturated/α-hetero) is 1. The van der Waals surface area contributed by atoms with Crippen LogP contribution in [0, 0.1) is 13.8 Å². The lowest BCUT2D eigenvalue weighted by atomic mass is 9.72. The number of aliphatic carboxylic acids is 1. The molecule has 5 aromatic rings. The number of carboxylic acids is 1. The zero-order valence-electron chi connectivity index (χ0n) is 37.2. The van der Waals surface area contributed by atoms with Crippen molar-refractivity contribution in [3.8, 4) is 45.3 Å². The summed E-state index contributed by atoms with van der Waals surface area (Å²) in [5, 5.41) is 62.8. The van der Waals surface area contributed by atoms with Gasteiger partial charge in [0.25, 0.3) is 0 Å². The van der Waals surface area contributed by atoms with Gasteiger partial charge in [0.15, 0.2) is 17.9 Å². The summed E-state index contributed by atoms with van der Waals surface area (Å²) in [7, 11) is 2.94. The van der Waals surface area contributed by atoms with Crippen LogP contribution in [0.4, 0.5) is 0 Å². The van der Waals surface area contributed by atoms with Gasteiger partial charge in [-0.3, -0.25) is 19.2 Å². The van der Waals surface area contributed by atoms with Crippen molar-refractivity contribution in [2.45, 2.75) is 89.1 Å². The first-order valence-corrected chi connectivity index (χ1v) is 21.5. The molecule has 15 heteroatoms. The normalized spacial score (nSPS) is 22.0. The van der Waals surface area contributed by atoms with Gasteiger partial charge in [-0.15, -0.1) is 0 Å². The topological polar surface area (TPSA) is 253 Å². The van der Waals surface area contributed by atoms with Crippen LogP contribution in [-0.2, 0) is 31.9 Å². The van der Waals surface area contributed by atoms with E-state index in [2.05, 4.69) is 56.3 Å². The van der Waals surface area contributed by atoms with Crippen molar-refractivity contribution in [2.75, 3.05) is 20.8 Å². The fourth-order valence-corrected chi connectivity index (χ4v) is 9.15. The molecule has 15 nitrogen and oxygen atoms in total. The van der Waals surface area contributed by atoms with Gasteiger partial charge in [0.05, 0.1) is 49.2 Å². The van der Waals surface area contributed by atoms with E-state index < -0.39 is 102 Å². The molecule has 66 heavy (non-hydrogen) atoms. The number of benzene rings is 5. The monoisotopic (exact) mass is 903 g/mol. The number of aliphatic hydroxyl groups excluding tert-OH is 2.